The number of fused-ring (bicyclic) bond motifs is 4. The molecule has 12 nitrogen and oxygen atoms in total. The van der Waals surface area contributed by atoms with Gasteiger partial charge in [0.15, 0.2) is 0 Å². The zero-order valence-corrected chi connectivity index (χ0v) is 22.9. The average Bonchev–Trinajstić information content (AvgIpc) is 3.74. The van der Waals surface area contributed by atoms with E-state index in [-0.39, 0.29) is 36.2 Å². The van der Waals surface area contributed by atoms with Gasteiger partial charge in [0.25, 0.3) is 0 Å². The van der Waals surface area contributed by atoms with E-state index in [1.807, 2.05) is 16.8 Å². The largest absolute Gasteiger partial charge is 0.481 e. The minimum atomic E-state index is -0.889. The van der Waals surface area contributed by atoms with Crippen LogP contribution in [-0.4, -0.2) is 144 Å². The van der Waals surface area contributed by atoms with E-state index < -0.39 is 35.6 Å². The fourth-order valence-corrected chi connectivity index (χ4v) is 7.34. The Hall–Kier alpha value is -2.28. The number of carbonyl (C=O) groups excluding carboxylic acids is 2. The SMILES string of the molecule is CCN1CCN(C(=O)C2C3CCC(O3)C2C(=O)O)CC1.CN1CCN(C(=O)C2C3CCC(O3)C2C(=O)O)CC1. The Bertz CT molecular complexity index is 948. The third-order valence-corrected chi connectivity index (χ3v) is 9.63. The Morgan fingerprint density at radius 2 is 0.974 bits per heavy atom. The van der Waals surface area contributed by atoms with Crippen molar-refractivity contribution in [1.82, 2.24) is 19.6 Å². The van der Waals surface area contributed by atoms with Gasteiger partial charge in [-0.05, 0) is 39.3 Å². The summed E-state index contributed by atoms with van der Waals surface area (Å²) in [6, 6.07) is 0. The number of hydrogen-bond acceptors (Lipinski definition) is 8. The molecule has 218 valence electrons. The standard InChI is InChI=1S/C14H22N2O4.C13H20N2O4/c1-2-15-5-7-16(8-6-15)13(17)11-9-3-4-10(20-9)12(11)14(18)19;1-14-4-6-15(7-5-14)12(16)10-8-2-3-9(19-8)11(10)13(17)18/h9-12H,2-8H2,1H3,(H,18,19);8-11H,2-7H2,1H3,(H,17,18). The van der Waals surface area contributed by atoms with Gasteiger partial charge in [-0.3, -0.25) is 19.2 Å². The molecule has 0 radical (unpaired) electrons. The summed E-state index contributed by atoms with van der Waals surface area (Å²) in [7, 11) is 2.03. The number of nitrogens with zero attached hydrogens (tertiary/aromatic N) is 4. The van der Waals surface area contributed by atoms with Crippen molar-refractivity contribution in [2.24, 2.45) is 23.7 Å². The lowest BCUT2D eigenvalue weighted by atomic mass is 9.78. The maximum atomic E-state index is 12.7. The highest BCUT2D eigenvalue weighted by Gasteiger charge is 2.57. The molecule has 2 N–H and O–H groups in total. The Morgan fingerprint density at radius 1 is 0.615 bits per heavy atom. The zero-order valence-electron chi connectivity index (χ0n) is 22.9. The van der Waals surface area contributed by atoms with E-state index in [1.54, 1.807) is 0 Å². The Morgan fingerprint density at radius 3 is 1.33 bits per heavy atom. The molecule has 6 aliphatic heterocycles. The molecule has 0 spiro atoms. The van der Waals surface area contributed by atoms with Crippen molar-refractivity contribution < 1.29 is 38.9 Å². The molecule has 8 unspecified atom stereocenters. The second kappa shape index (κ2) is 11.7. The minimum absolute atomic E-state index is 0.0136. The Kier molecular flexibility index (Phi) is 8.46. The van der Waals surface area contributed by atoms with Gasteiger partial charge in [0.2, 0.25) is 11.8 Å². The van der Waals surface area contributed by atoms with Gasteiger partial charge in [0.1, 0.15) is 0 Å². The topological polar surface area (TPSA) is 140 Å². The second-order valence-electron chi connectivity index (χ2n) is 11.7. The molecule has 0 aromatic heterocycles. The number of carbonyl (C=O) groups is 4. The first-order valence-electron chi connectivity index (χ1n) is 14.4. The molecule has 6 aliphatic rings. The maximum Gasteiger partial charge on any atom is 0.310 e. The van der Waals surface area contributed by atoms with Crippen LogP contribution in [0.1, 0.15) is 32.6 Å². The summed E-state index contributed by atoms with van der Waals surface area (Å²) in [5.41, 5.74) is 0. The second-order valence-corrected chi connectivity index (χ2v) is 11.7. The number of rotatable bonds is 5. The van der Waals surface area contributed by atoms with Crippen LogP contribution in [0.4, 0.5) is 0 Å². The number of carboxylic acid groups (broad SMARTS) is 2. The van der Waals surface area contributed by atoms with Gasteiger partial charge in [-0.25, -0.2) is 0 Å². The molecule has 8 atom stereocenters. The normalized spacial score (nSPS) is 38.0. The number of ether oxygens (including phenoxy) is 2. The minimum Gasteiger partial charge on any atom is -0.481 e. The van der Waals surface area contributed by atoms with Crippen LogP contribution >= 0.6 is 0 Å². The molecule has 6 fully saturated rings. The molecule has 2 amide bonds. The van der Waals surface area contributed by atoms with Crippen LogP contribution in [0.25, 0.3) is 0 Å². The van der Waals surface area contributed by atoms with E-state index in [1.165, 1.54) is 0 Å². The maximum absolute atomic E-state index is 12.7. The molecule has 6 heterocycles. The van der Waals surface area contributed by atoms with Crippen LogP contribution in [0.3, 0.4) is 0 Å². The fourth-order valence-electron chi connectivity index (χ4n) is 7.34. The Balaban J connectivity index is 0.000000158. The van der Waals surface area contributed by atoms with Crippen LogP contribution in [-0.2, 0) is 28.7 Å². The van der Waals surface area contributed by atoms with E-state index in [9.17, 15) is 29.4 Å². The van der Waals surface area contributed by atoms with Crippen molar-refractivity contribution >= 4 is 23.8 Å². The molecule has 39 heavy (non-hydrogen) atoms. The molecule has 0 saturated carbocycles. The lowest BCUT2D eigenvalue weighted by Crippen LogP contribution is -2.53. The number of piperazine rings is 2. The van der Waals surface area contributed by atoms with Crippen LogP contribution in [0.2, 0.25) is 0 Å². The summed E-state index contributed by atoms with van der Waals surface area (Å²) in [5.74, 6) is -4.05. The smallest absolute Gasteiger partial charge is 0.310 e. The highest BCUT2D eigenvalue weighted by Crippen LogP contribution is 2.45. The van der Waals surface area contributed by atoms with E-state index in [2.05, 4.69) is 16.7 Å². The predicted molar refractivity (Wildman–Crippen MR) is 138 cm³/mol. The summed E-state index contributed by atoms with van der Waals surface area (Å²) >= 11 is 0. The molecular formula is C27H42N4O8. The predicted octanol–water partition coefficient (Wildman–Crippen LogP) is -0.333. The van der Waals surface area contributed by atoms with Gasteiger partial charge in [-0.1, -0.05) is 6.92 Å². The van der Waals surface area contributed by atoms with Gasteiger partial charge in [0.05, 0.1) is 48.1 Å². The first kappa shape index (κ1) is 28.3. The lowest BCUT2D eigenvalue weighted by Gasteiger charge is -2.37. The number of likely N-dealkylation sites (N-methyl/N-ethyl adjacent to an activating group) is 2. The zero-order chi connectivity index (χ0) is 27.8. The van der Waals surface area contributed by atoms with E-state index in [0.717, 1.165) is 58.4 Å². The van der Waals surface area contributed by atoms with Crippen molar-refractivity contribution in [1.29, 1.82) is 0 Å². The third-order valence-electron chi connectivity index (χ3n) is 9.63. The summed E-state index contributed by atoms with van der Waals surface area (Å²) in [4.78, 5) is 56.2. The van der Waals surface area contributed by atoms with Gasteiger partial charge >= 0.3 is 11.9 Å². The van der Waals surface area contributed by atoms with Crippen molar-refractivity contribution in [3.8, 4) is 0 Å². The van der Waals surface area contributed by atoms with Crippen LogP contribution in [0, 0.1) is 23.7 Å². The van der Waals surface area contributed by atoms with Crippen molar-refractivity contribution in [2.75, 3.05) is 66.0 Å². The van der Waals surface area contributed by atoms with Crippen molar-refractivity contribution in [3.05, 3.63) is 0 Å². The molecule has 6 saturated heterocycles. The monoisotopic (exact) mass is 550 g/mol. The summed E-state index contributed by atoms with van der Waals surface area (Å²) < 4.78 is 11.3. The molecule has 0 aliphatic carbocycles. The molecule has 12 heteroatoms. The number of aliphatic carboxylic acids is 2. The summed E-state index contributed by atoms with van der Waals surface area (Å²) in [5, 5.41) is 18.7. The van der Waals surface area contributed by atoms with Crippen LogP contribution < -0.4 is 0 Å². The molecule has 6 rings (SSSR count). The average molecular weight is 551 g/mol. The van der Waals surface area contributed by atoms with Gasteiger partial charge < -0.3 is 39.3 Å². The van der Waals surface area contributed by atoms with Gasteiger partial charge in [0, 0.05) is 52.4 Å². The quantitative estimate of drug-likeness (QED) is 0.468. The molecule has 0 aromatic carbocycles. The van der Waals surface area contributed by atoms with Crippen molar-refractivity contribution in [2.45, 2.75) is 57.0 Å². The molecule has 0 aromatic rings. The number of hydrogen-bond donors (Lipinski definition) is 2. The van der Waals surface area contributed by atoms with Crippen molar-refractivity contribution in [3.63, 3.8) is 0 Å². The third kappa shape index (κ3) is 5.53. The highest BCUT2D eigenvalue weighted by atomic mass is 16.5. The van der Waals surface area contributed by atoms with E-state index >= 15 is 0 Å². The van der Waals surface area contributed by atoms with Crippen LogP contribution in [0.15, 0.2) is 0 Å². The number of amides is 2. The highest BCUT2D eigenvalue weighted by molar-refractivity contribution is 5.87. The van der Waals surface area contributed by atoms with Gasteiger partial charge in [-0.15, -0.1) is 0 Å². The van der Waals surface area contributed by atoms with E-state index in [0.29, 0.717) is 26.2 Å². The van der Waals surface area contributed by atoms with E-state index in [4.69, 9.17) is 9.47 Å². The first-order valence-corrected chi connectivity index (χ1v) is 14.4. The number of carboxylic acids is 2. The fraction of sp³-hybridized carbons (Fsp3) is 0.852. The molecule has 4 bridgehead atoms. The van der Waals surface area contributed by atoms with Crippen LogP contribution in [0.5, 0.6) is 0 Å². The summed E-state index contributed by atoms with van der Waals surface area (Å²) in [6.07, 6.45) is 2.30. The Labute approximate surface area is 229 Å². The molecular weight excluding hydrogens is 508 g/mol. The summed E-state index contributed by atoms with van der Waals surface area (Å²) in [6.45, 7) is 9.35. The first-order chi connectivity index (χ1) is 18.7. The lowest BCUT2D eigenvalue weighted by molar-refractivity contribution is -0.151. The van der Waals surface area contributed by atoms with Gasteiger partial charge in [-0.2, -0.15) is 0 Å².